The van der Waals surface area contributed by atoms with Crippen molar-refractivity contribution >= 4 is 41.4 Å². The highest BCUT2D eigenvalue weighted by Crippen LogP contribution is 2.50. The van der Waals surface area contributed by atoms with Gasteiger partial charge in [-0.1, -0.05) is 66.7 Å². The Balaban J connectivity index is 1.98. The second-order valence-corrected chi connectivity index (χ2v) is 8.92. The maximum Gasteiger partial charge on any atom is 0.383 e. The van der Waals surface area contributed by atoms with E-state index in [1.54, 1.807) is 0 Å². The molecule has 0 aliphatic rings. The molecule has 0 aliphatic carbocycles. The smallest absolute Gasteiger partial charge is 0.0620 e. The van der Waals surface area contributed by atoms with E-state index in [2.05, 4.69) is 91.0 Å². The van der Waals surface area contributed by atoms with Crippen LogP contribution in [0.2, 0.25) is 0 Å². The fourth-order valence-corrected chi connectivity index (χ4v) is 6.00. The lowest BCUT2D eigenvalue weighted by Gasteiger charge is -2.24. The molecule has 0 N–H and O–H groups in total. The van der Waals surface area contributed by atoms with Crippen molar-refractivity contribution in [2.45, 2.75) is 0 Å². The molecule has 112 valence electrons. The third-order valence-electron chi connectivity index (χ3n) is 4.47. The van der Waals surface area contributed by atoms with Crippen LogP contribution in [0, 0.1) is 0 Å². The molecule has 0 amide bonds. The molecule has 4 aromatic rings. The van der Waals surface area contributed by atoms with Gasteiger partial charge in [-0.3, -0.25) is 0 Å². The molecular formula is C22H17BP+. The van der Waals surface area contributed by atoms with Crippen LogP contribution in [0.3, 0.4) is 0 Å². The summed E-state index contributed by atoms with van der Waals surface area (Å²) < 4.78 is 0. The van der Waals surface area contributed by atoms with Gasteiger partial charge in [-0.05, 0) is 47.2 Å². The number of rotatable bonds is 3. The first kappa shape index (κ1) is 15.2. The molecule has 0 heterocycles. The molecule has 2 heteroatoms. The van der Waals surface area contributed by atoms with Crippen LogP contribution in [0.1, 0.15) is 0 Å². The van der Waals surface area contributed by atoms with E-state index >= 15 is 0 Å². The summed E-state index contributed by atoms with van der Waals surface area (Å²) in [7, 11) is 5.03. The first-order valence-electron chi connectivity index (χ1n) is 8.07. The van der Waals surface area contributed by atoms with Crippen molar-refractivity contribution in [1.82, 2.24) is 0 Å². The highest BCUT2D eigenvalue weighted by atomic mass is 31.2. The van der Waals surface area contributed by atoms with Gasteiger partial charge in [0.05, 0.1) is 23.1 Å². The van der Waals surface area contributed by atoms with Gasteiger partial charge < -0.3 is 0 Å². The molecule has 0 saturated heterocycles. The van der Waals surface area contributed by atoms with Gasteiger partial charge in [0.15, 0.2) is 0 Å². The van der Waals surface area contributed by atoms with Gasteiger partial charge in [0.1, 0.15) is 0 Å². The van der Waals surface area contributed by atoms with Crippen LogP contribution >= 0.6 is 7.14 Å². The number of benzene rings is 4. The van der Waals surface area contributed by atoms with Crippen LogP contribution in [-0.4, -0.2) is 7.57 Å². The summed E-state index contributed by atoms with van der Waals surface area (Å²) in [5.41, 5.74) is 0. The summed E-state index contributed by atoms with van der Waals surface area (Å²) in [4.78, 5) is 0. The molecule has 2 radical (unpaired) electrons. The van der Waals surface area contributed by atoms with Crippen LogP contribution in [0.25, 0.3) is 10.8 Å². The maximum atomic E-state index is 7.16. The number of hydrogen-bond donors (Lipinski definition) is 0. The van der Waals surface area contributed by atoms with Gasteiger partial charge in [0.25, 0.3) is 0 Å². The second-order valence-electron chi connectivity index (χ2n) is 5.93. The molecule has 0 atom stereocenters. The molecule has 24 heavy (non-hydrogen) atoms. The lowest BCUT2D eigenvalue weighted by molar-refractivity contribution is 1.74. The molecule has 4 rings (SSSR count). The Labute approximate surface area is 144 Å². The van der Waals surface area contributed by atoms with Crippen molar-refractivity contribution in [1.29, 1.82) is 0 Å². The Morgan fingerprint density at radius 3 is 1.54 bits per heavy atom. The van der Waals surface area contributed by atoms with Gasteiger partial charge in [-0.25, -0.2) is 0 Å². The van der Waals surface area contributed by atoms with E-state index in [-0.39, 0.29) is 0 Å². The first-order chi connectivity index (χ1) is 11.8. The zero-order valence-electron chi connectivity index (χ0n) is 13.3. The monoisotopic (exact) mass is 323 g/mol. The molecule has 0 fully saturated rings. The van der Waals surface area contributed by atoms with E-state index in [1.165, 1.54) is 26.7 Å². The predicted octanol–water partition coefficient (Wildman–Crippen LogP) is 4.22. The van der Waals surface area contributed by atoms with E-state index in [0.29, 0.717) is 0 Å². The van der Waals surface area contributed by atoms with E-state index in [0.717, 1.165) is 0 Å². The van der Waals surface area contributed by atoms with Crippen molar-refractivity contribution in [2.75, 3.05) is 0 Å². The normalized spacial score (nSPS) is 11.5. The third-order valence-corrected chi connectivity index (χ3v) is 7.79. The Bertz CT molecular complexity index is 925. The quantitative estimate of drug-likeness (QED) is 0.391. The van der Waals surface area contributed by atoms with E-state index in [4.69, 9.17) is 7.57 Å². The highest BCUT2D eigenvalue weighted by Gasteiger charge is 2.39. The van der Waals surface area contributed by atoms with Crippen molar-refractivity contribution in [3.8, 4) is 0 Å². The molecule has 0 aromatic heterocycles. The molecule has 0 unspecified atom stereocenters. The van der Waals surface area contributed by atoms with Gasteiger partial charge in [0.2, 0.25) is 0 Å². The fourth-order valence-electron chi connectivity index (χ4n) is 3.17. The van der Waals surface area contributed by atoms with Crippen molar-refractivity contribution in [3.05, 3.63) is 103 Å². The Morgan fingerprint density at radius 2 is 0.958 bits per heavy atom. The largest absolute Gasteiger partial charge is 0.383 e. The van der Waals surface area contributed by atoms with Gasteiger partial charge in [0, 0.05) is 0 Å². The molecule has 0 bridgehead atoms. The van der Waals surface area contributed by atoms with Crippen LogP contribution in [-0.2, 0) is 0 Å². The maximum absolute atomic E-state index is 7.16. The molecule has 0 nitrogen and oxygen atoms in total. The summed E-state index contributed by atoms with van der Waals surface area (Å²) in [5, 5.41) is 6.09. The van der Waals surface area contributed by atoms with Gasteiger partial charge in [-0.2, -0.15) is 0 Å². The van der Waals surface area contributed by atoms with E-state index < -0.39 is 7.14 Å². The zero-order chi connectivity index (χ0) is 16.4. The minimum Gasteiger partial charge on any atom is -0.0620 e. The number of fused-ring (bicyclic) bond motifs is 1. The molecule has 0 saturated carbocycles. The molecular weight excluding hydrogens is 306 g/mol. The van der Waals surface area contributed by atoms with Crippen LogP contribution in [0.15, 0.2) is 103 Å². The van der Waals surface area contributed by atoms with Gasteiger partial charge in [-0.15, -0.1) is 0 Å². The lowest BCUT2D eigenvalue weighted by Crippen LogP contribution is -2.31. The summed E-state index contributed by atoms with van der Waals surface area (Å²) in [6.45, 7) is 0. The Hall–Kier alpha value is -2.37. The predicted molar refractivity (Wildman–Crippen MR) is 108 cm³/mol. The fraction of sp³-hybridized carbons (Fsp3) is 0. The topological polar surface area (TPSA) is 0 Å². The second kappa shape index (κ2) is 6.26. The molecule has 4 aromatic carbocycles. The summed E-state index contributed by atoms with van der Waals surface area (Å²) in [6, 6.07) is 36.0. The van der Waals surface area contributed by atoms with Crippen LogP contribution in [0.4, 0.5) is 0 Å². The Morgan fingerprint density at radius 1 is 0.458 bits per heavy atom. The lowest BCUT2D eigenvalue weighted by atomic mass is 10.1. The van der Waals surface area contributed by atoms with Gasteiger partial charge >= 0.3 is 7.57 Å². The van der Waals surface area contributed by atoms with E-state index in [1.807, 2.05) is 12.1 Å². The average molecular weight is 323 g/mol. The number of hydrogen-bond acceptors (Lipinski definition) is 0. The third kappa shape index (κ3) is 2.56. The first-order valence-corrected chi connectivity index (χ1v) is 9.92. The van der Waals surface area contributed by atoms with Crippen molar-refractivity contribution in [3.63, 3.8) is 0 Å². The highest BCUT2D eigenvalue weighted by molar-refractivity contribution is 8.13. The van der Waals surface area contributed by atoms with E-state index in [9.17, 15) is 0 Å². The summed E-state index contributed by atoms with van der Waals surface area (Å²) >= 11 is 0. The average Bonchev–Trinajstić information content (AvgIpc) is 2.68. The SMILES string of the molecule is [B][P+](c1ccccc1)(c1ccccc1)c1ccc2ccccc2c1. The van der Waals surface area contributed by atoms with Crippen LogP contribution < -0.4 is 15.9 Å². The minimum absolute atomic E-state index is 1.20. The summed E-state index contributed by atoms with van der Waals surface area (Å²) in [6.07, 6.45) is 0. The van der Waals surface area contributed by atoms with Crippen LogP contribution in [0.5, 0.6) is 0 Å². The molecule has 0 spiro atoms. The molecule has 0 aliphatic heterocycles. The standard InChI is InChI=1S/C22H17BP/c23-24(20-11-3-1-4-12-20,21-13-5-2-6-14-21)22-16-15-18-9-7-8-10-19(18)17-22/h1-17H/q+1. The summed E-state index contributed by atoms with van der Waals surface area (Å²) in [5.74, 6) is 0. The zero-order valence-corrected chi connectivity index (χ0v) is 14.2. The minimum atomic E-state index is -2.13. The van der Waals surface area contributed by atoms with Crippen molar-refractivity contribution in [2.24, 2.45) is 0 Å². The van der Waals surface area contributed by atoms with Crippen molar-refractivity contribution < 1.29 is 0 Å². The Kier molecular flexibility index (Phi) is 3.96.